The van der Waals surface area contributed by atoms with E-state index in [0.717, 1.165) is 12.5 Å². The Bertz CT molecular complexity index is 299. The number of likely N-dealkylation sites (N-methyl/N-ethyl adjacent to an activating group) is 1. The van der Waals surface area contributed by atoms with E-state index in [4.69, 9.17) is 0 Å². The monoisotopic (exact) mass is 225 g/mol. The Labute approximate surface area is 98.7 Å². The van der Waals surface area contributed by atoms with Crippen molar-refractivity contribution in [2.24, 2.45) is 0 Å². The first kappa shape index (κ1) is 12.5. The second kappa shape index (κ2) is 5.00. The Hall–Kier alpha value is -0.530. The SMILES string of the molecule is CCN[C@]1(CC)C[C@@H]1c1ccccc1.Cl. The van der Waals surface area contributed by atoms with Crippen LogP contribution in [-0.2, 0) is 0 Å². The van der Waals surface area contributed by atoms with E-state index in [2.05, 4.69) is 49.5 Å². The second-order valence-corrected chi connectivity index (χ2v) is 4.21. The molecule has 2 rings (SSSR count). The Balaban J connectivity index is 0.00000112. The van der Waals surface area contributed by atoms with Crippen molar-refractivity contribution in [1.29, 1.82) is 0 Å². The predicted molar refractivity (Wildman–Crippen MR) is 67.7 cm³/mol. The molecule has 0 aliphatic heterocycles. The smallest absolute Gasteiger partial charge is 0.0254 e. The van der Waals surface area contributed by atoms with Crippen molar-refractivity contribution >= 4 is 12.4 Å². The normalized spacial score (nSPS) is 28.3. The van der Waals surface area contributed by atoms with E-state index in [-0.39, 0.29) is 12.4 Å². The highest BCUT2D eigenvalue weighted by atomic mass is 35.5. The number of rotatable bonds is 4. The average molecular weight is 226 g/mol. The highest BCUT2D eigenvalue weighted by Gasteiger charge is 2.52. The fourth-order valence-electron chi connectivity index (χ4n) is 2.49. The summed E-state index contributed by atoms with van der Waals surface area (Å²) >= 11 is 0. The maximum absolute atomic E-state index is 3.63. The minimum atomic E-state index is 0. The molecule has 15 heavy (non-hydrogen) atoms. The van der Waals surface area contributed by atoms with Gasteiger partial charge in [0.25, 0.3) is 0 Å². The van der Waals surface area contributed by atoms with Crippen LogP contribution in [0.15, 0.2) is 30.3 Å². The molecule has 0 heterocycles. The standard InChI is InChI=1S/C13H19N.ClH/c1-3-13(14-4-2)10-12(13)11-8-6-5-7-9-11;/h5-9,12,14H,3-4,10H2,1-2H3;1H/t12-,13-;/m1./s1. The molecule has 84 valence electrons. The molecule has 1 N–H and O–H groups in total. The van der Waals surface area contributed by atoms with Crippen molar-refractivity contribution in [3.63, 3.8) is 0 Å². The third-order valence-corrected chi connectivity index (χ3v) is 3.44. The predicted octanol–water partition coefficient (Wildman–Crippen LogP) is 3.35. The molecule has 1 aromatic carbocycles. The molecule has 1 fully saturated rings. The summed E-state index contributed by atoms with van der Waals surface area (Å²) in [5.41, 5.74) is 1.91. The van der Waals surface area contributed by atoms with Crippen LogP contribution in [0.4, 0.5) is 0 Å². The Kier molecular flexibility index (Phi) is 4.18. The largest absolute Gasteiger partial charge is 0.311 e. The molecule has 0 radical (unpaired) electrons. The van der Waals surface area contributed by atoms with Gasteiger partial charge in [-0.1, -0.05) is 44.2 Å². The van der Waals surface area contributed by atoms with Crippen molar-refractivity contribution in [1.82, 2.24) is 5.32 Å². The summed E-state index contributed by atoms with van der Waals surface area (Å²) in [5, 5.41) is 3.63. The number of hydrogen-bond acceptors (Lipinski definition) is 1. The number of hydrogen-bond donors (Lipinski definition) is 1. The quantitative estimate of drug-likeness (QED) is 0.829. The van der Waals surface area contributed by atoms with Crippen LogP contribution in [0.25, 0.3) is 0 Å². The lowest BCUT2D eigenvalue weighted by molar-refractivity contribution is 0.484. The van der Waals surface area contributed by atoms with Crippen molar-refractivity contribution in [3.05, 3.63) is 35.9 Å². The van der Waals surface area contributed by atoms with E-state index in [1.165, 1.54) is 18.4 Å². The van der Waals surface area contributed by atoms with E-state index >= 15 is 0 Å². The molecule has 1 nitrogen and oxygen atoms in total. The average Bonchev–Trinajstić information content (AvgIpc) is 2.95. The first-order valence-electron chi connectivity index (χ1n) is 5.62. The van der Waals surface area contributed by atoms with Crippen LogP contribution in [0.5, 0.6) is 0 Å². The van der Waals surface area contributed by atoms with Crippen LogP contribution in [-0.4, -0.2) is 12.1 Å². The minimum absolute atomic E-state index is 0. The highest BCUT2D eigenvalue weighted by molar-refractivity contribution is 5.85. The molecule has 0 aromatic heterocycles. The molecule has 1 aromatic rings. The summed E-state index contributed by atoms with van der Waals surface area (Å²) in [6.45, 7) is 5.56. The summed E-state index contributed by atoms with van der Waals surface area (Å²) in [6.07, 6.45) is 2.54. The van der Waals surface area contributed by atoms with Crippen LogP contribution in [0.3, 0.4) is 0 Å². The molecule has 1 aliphatic rings. The molecule has 0 saturated heterocycles. The Morgan fingerprint density at radius 2 is 1.93 bits per heavy atom. The van der Waals surface area contributed by atoms with Gasteiger partial charge in [-0.15, -0.1) is 12.4 Å². The molecule has 2 heteroatoms. The lowest BCUT2D eigenvalue weighted by Crippen LogP contribution is -2.32. The molecular weight excluding hydrogens is 206 g/mol. The first-order chi connectivity index (χ1) is 6.82. The van der Waals surface area contributed by atoms with Gasteiger partial charge in [-0.2, -0.15) is 0 Å². The van der Waals surface area contributed by atoms with Gasteiger partial charge in [0.05, 0.1) is 0 Å². The van der Waals surface area contributed by atoms with Gasteiger partial charge in [0.2, 0.25) is 0 Å². The summed E-state index contributed by atoms with van der Waals surface area (Å²) in [5.74, 6) is 0.744. The second-order valence-electron chi connectivity index (χ2n) is 4.21. The van der Waals surface area contributed by atoms with Crippen LogP contribution in [0.1, 0.15) is 38.2 Å². The molecule has 0 spiro atoms. The van der Waals surface area contributed by atoms with Crippen molar-refractivity contribution in [3.8, 4) is 0 Å². The maximum Gasteiger partial charge on any atom is 0.0254 e. The Morgan fingerprint density at radius 3 is 2.47 bits per heavy atom. The molecule has 0 amide bonds. The third-order valence-electron chi connectivity index (χ3n) is 3.44. The number of nitrogens with one attached hydrogen (secondary N) is 1. The summed E-state index contributed by atoms with van der Waals surface area (Å²) < 4.78 is 0. The van der Waals surface area contributed by atoms with Gasteiger partial charge >= 0.3 is 0 Å². The van der Waals surface area contributed by atoms with Crippen LogP contribution in [0, 0.1) is 0 Å². The van der Waals surface area contributed by atoms with Gasteiger partial charge in [0.15, 0.2) is 0 Å². The number of benzene rings is 1. The lowest BCUT2D eigenvalue weighted by atomic mass is 10.0. The van der Waals surface area contributed by atoms with Crippen molar-refractivity contribution < 1.29 is 0 Å². The molecule has 1 aliphatic carbocycles. The highest BCUT2D eigenvalue weighted by Crippen LogP contribution is 2.53. The van der Waals surface area contributed by atoms with E-state index in [0.29, 0.717) is 5.54 Å². The Morgan fingerprint density at radius 1 is 1.27 bits per heavy atom. The zero-order valence-electron chi connectivity index (χ0n) is 9.49. The van der Waals surface area contributed by atoms with E-state index < -0.39 is 0 Å². The van der Waals surface area contributed by atoms with Gasteiger partial charge in [0.1, 0.15) is 0 Å². The third kappa shape index (κ3) is 2.35. The molecule has 2 atom stereocenters. The van der Waals surface area contributed by atoms with Gasteiger partial charge < -0.3 is 5.32 Å². The van der Waals surface area contributed by atoms with Crippen LogP contribution < -0.4 is 5.32 Å². The van der Waals surface area contributed by atoms with E-state index in [9.17, 15) is 0 Å². The fourth-order valence-corrected chi connectivity index (χ4v) is 2.49. The number of halogens is 1. The topological polar surface area (TPSA) is 12.0 Å². The maximum atomic E-state index is 3.63. The fraction of sp³-hybridized carbons (Fsp3) is 0.538. The lowest BCUT2D eigenvalue weighted by Gasteiger charge is -2.16. The summed E-state index contributed by atoms with van der Waals surface area (Å²) in [4.78, 5) is 0. The van der Waals surface area contributed by atoms with Gasteiger partial charge in [-0.05, 0) is 24.9 Å². The van der Waals surface area contributed by atoms with Gasteiger partial charge in [0, 0.05) is 11.5 Å². The zero-order valence-corrected chi connectivity index (χ0v) is 10.3. The molecule has 0 bridgehead atoms. The van der Waals surface area contributed by atoms with Crippen molar-refractivity contribution in [2.45, 2.75) is 38.1 Å². The van der Waals surface area contributed by atoms with Crippen LogP contribution in [0.2, 0.25) is 0 Å². The van der Waals surface area contributed by atoms with E-state index in [1.54, 1.807) is 0 Å². The molecular formula is C13H20ClN. The summed E-state index contributed by atoms with van der Waals surface area (Å²) in [7, 11) is 0. The van der Waals surface area contributed by atoms with Gasteiger partial charge in [-0.3, -0.25) is 0 Å². The minimum Gasteiger partial charge on any atom is -0.311 e. The molecule has 0 unspecified atom stereocenters. The van der Waals surface area contributed by atoms with Gasteiger partial charge in [-0.25, -0.2) is 0 Å². The summed E-state index contributed by atoms with van der Waals surface area (Å²) in [6, 6.07) is 10.9. The molecule has 1 saturated carbocycles. The van der Waals surface area contributed by atoms with Crippen molar-refractivity contribution in [2.75, 3.05) is 6.54 Å². The van der Waals surface area contributed by atoms with E-state index in [1.807, 2.05) is 0 Å². The zero-order chi connectivity index (χ0) is 10.0. The first-order valence-corrected chi connectivity index (χ1v) is 5.62. The van der Waals surface area contributed by atoms with Crippen LogP contribution >= 0.6 is 12.4 Å².